The molecule has 35 heavy (non-hydrogen) atoms. The predicted molar refractivity (Wildman–Crippen MR) is 136 cm³/mol. The molecule has 1 unspecified atom stereocenters. The number of nitrogens with zero attached hydrogens (tertiary/aromatic N) is 5. The molecule has 4 heterocycles. The molecule has 1 atom stereocenters. The second-order valence-electron chi connectivity index (χ2n) is 9.04. The standard InChI is InChI=1S/C26H29ClN6O2/c1-17-13-21(15-29-25(17)19-3-6-22(7-4-19)32-9-11-35-12-10-32)31-26(34)23-16-30-33(18(23)2)24-8-5-20(27)14-28-24/h3,5,8,13-16,22H,4,6-7,9-12H2,1-2H3,(H,31,34). The number of rotatable bonds is 5. The number of nitrogens with one attached hydrogen (secondary N) is 1. The number of carbonyl (C=O) groups is 1. The van der Waals surface area contributed by atoms with Gasteiger partial charge in [0.2, 0.25) is 0 Å². The highest BCUT2D eigenvalue weighted by molar-refractivity contribution is 6.30. The summed E-state index contributed by atoms with van der Waals surface area (Å²) in [5.41, 5.74) is 5.19. The SMILES string of the molecule is Cc1cc(NC(=O)c2cnn(-c3ccc(Cl)cn3)c2C)cnc1C1=CCC(N2CCOCC2)CC1. The van der Waals surface area contributed by atoms with Crippen molar-refractivity contribution in [1.29, 1.82) is 0 Å². The van der Waals surface area contributed by atoms with Crippen LogP contribution >= 0.6 is 11.6 Å². The van der Waals surface area contributed by atoms with E-state index in [0.717, 1.165) is 56.8 Å². The summed E-state index contributed by atoms with van der Waals surface area (Å²) in [6.45, 7) is 7.59. The zero-order valence-electron chi connectivity index (χ0n) is 20.0. The van der Waals surface area contributed by atoms with Crippen LogP contribution in [0.4, 0.5) is 5.69 Å². The molecule has 1 N–H and O–H groups in total. The van der Waals surface area contributed by atoms with Crippen molar-refractivity contribution in [3.05, 3.63) is 70.4 Å². The number of allylic oxidation sites excluding steroid dienone is 1. The van der Waals surface area contributed by atoms with Crippen LogP contribution in [0.2, 0.25) is 5.02 Å². The average molecular weight is 493 g/mol. The number of halogens is 1. The highest BCUT2D eigenvalue weighted by atomic mass is 35.5. The quantitative estimate of drug-likeness (QED) is 0.566. The molecule has 1 fully saturated rings. The normalized spacial score (nSPS) is 18.8. The summed E-state index contributed by atoms with van der Waals surface area (Å²) in [5, 5.41) is 7.83. The Balaban J connectivity index is 1.26. The number of pyridine rings is 2. The number of hydrogen-bond donors (Lipinski definition) is 1. The van der Waals surface area contributed by atoms with Gasteiger partial charge in [-0.05, 0) is 62.4 Å². The van der Waals surface area contributed by atoms with Gasteiger partial charge in [-0.25, -0.2) is 9.67 Å². The van der Waals surface area contributed by atoms with Gasteiger partial charge in [-0.3, -0.25) is 14.7 Å². The Kier molecular flexibility index (Phi) is 6.95. The number of aryl methyl sites for hydroxylation is 1. The van der Waals surface area contributed by atoms with Gasteiger partial charge in [-0.2, -0.15) is 5.10 Å². The average Bonchev–Trinajstić information content (AvgIpc) is 3.27. The first-order chi connectivity index (χ1) is 17.0. The summed E-state index contributed by atoms with van der Waals surface area (Å²) in [6, 6.07) is 6.08. The molecule has 3 aromatic rings. The van der Waals surface area contributed by atoms with Gasteiger partial charge >= 0.3 is 0 Å². The van der Waals surface area contributed by atoms with Gasteiger partial charge in [-0.15, -0.1) is 0 Å². The van der Waals surface area contributed by atoms with E-state index in [1.54, 1.807) is 35.4 Å². The molecule has 3 aromatic heterocycles. The Morgan fingerprint density at radius 1 is 1.14 bits per heavy atom. The van der Waals surface area contributed by atoms with Crippen molar-refractivity contribution >= 4 is 28.8 Å². The molecule has 0 radical (unpaired) electrons. The van der Waals surface area contributed by atoms with Crippen LogP contribution in [0.3, 0.4) is 0 Å². The molecule has 1 aliphatic carbocycles. The topological polar surface area (TPSA) is 85.2 Å². The molecule has 2 aliphatic rings. The van der Waals surface area contributed by atoms with Gasteiger partial charge < -0.3 is 10.1 Å². The number of amides is 1. The second-order valence-corrected chi connectivity index (χ2v) is 9.48. The maximum absolute atomic E-state index is 13.0. The first-order valence-corrected chi connectivity index (χ1v) is 12.3. The fourth-order valence-electron chi connectivity index (χ4n) is 4.84. The van der Waals surface area contributed by atoms with E-state index in [1.807, 2.05) is 19.9 Å². The van der Waals surface area contributed by atoms with E-state index in [9.17, 15) is 4.79 Å². The number of hydrogen-bond acceptors (Lipinski definition) is 6. The molecule has 1 amide bonds. The van der Waals surface area contributed by atoms with Gasteiger partial charge in [-0.1, -0.05) is 17.7 Å². The van der Waals surface area contributed by atoms with E-state index < -0.39 is 0 Å². The fraction of sp³-hybridized carbons (Fsp3) is 0.385. The Morgan fingerprint density at radius 2 is 1.97 bits per heavy atom. The van der Waals surface area contributed by atoms with Crippen molar-refractivity contribution in [2.24, 2.45) is 0 Å². The lowest BCUT2D eigenvalue weighted by Gasteiger charge is -2.36. The van der Waals surface area contributed by atoms with Gasteiger partial charge in [0.1, 0.15) is 0 Å². The first-order valence-electron chi connectivity index (χ1n) is 12.0. The summed E-state index contributed by atoms with van der Waals surface area (Å²) in [4.78, 5) is 24.5. The van der Waals surface area contributed by atoms with Gasteiger partial charge in [0.05, 0.1) is 53.3 Å². The van der Waals surface area contributed by atoms with E-state index >= 15 is 0 Å². The summed E-state index contributed by atoms with van der Waals surface area (Å²) < 4.78 is 7.11. The van der Waals surface area contributed by atoms with Crippen LogP contribution in [0, 0.1) is 13.8 Å². The minimum Gasteiger partial charge on any atom is -0.379 e. The second kappa shape index (κ2) is 10.3. The van der Waals surface area contributed by atoms with Crippen molar-refractivity contribution < 1.29 is 9.53 Å². The minimum atomic E-state index is -0.234. The van der Waals surface area contributed by atoms with Crippen molar-refractivity contribution in [2.75, 3.05) is 31.6 Å². The van der Waals surface area contributed by atoms with Crippen molar-refractivity contribution in [1.82, 2.24) is 24.6 Å². The molecule has 5 rings (SSSR count). The van der Waals surface area contributed by atoms with E-state index in [1.165, 1.54) is 5.57 Å². The van der Waals surface area contributed by atoms with E-state index in [0.29, 0.717) is 33.8 Å². The fourth-order valence-corrected chi connectivity index (χ4v) is 4.96. The van der Waals surface area contributed by atoms with Crippen LogP contribution in [0.25, 0.3) is 11.4 Å². The summed E-state index contributed by atoms with van der Waals surface area (Å²) in [5.74, 6) is 0.367. The van der Waals surface area contributed by atoms with Crippen molar-refractivity contribution in [3.8, 4) is 5.82 Å². The smallest absolute Gasteiger partial charge is 0.259 e. The number of carbonyl (C=O) groups excluding carboxylic acids is 1. The third-order valence-electron chi connectivity index (χ3n) is 6.77. The molecule has 9 heteroatoms. The number of morpholine rings is 1. The molecule has 0 saturated carbocycles. The lowest BCUT2D eigenvalue weighted by Crippen LogP contribution is -2.43. The predicted octanol–water partition coefficient (Wildman–Crippen LogP) is 4.45. The molecule has 0 aromatic carbocycles. The molecule has 0 spiro atoms. The molecule has 182 valence electrons. The molecule has 1 aliphatic heterocycles. The zero-order valence-corrected chi connectivity index (χ0v) is 20.8. The molecule has 1 saturated heterocycles. The number of anilines is 1. The van der Waals surface area contributed by atoms with Crippen LogP contribution < -0.4 is 5.32 Å². The third-order valence-corrected chi connectivity index (χ3v) is 6.99. The number of aromatic nitrogens is 4. The summed E-state index contributed by atoms with van der Waals surface area (Å²) >= 11 is 5.93. The van der Waals surface area contributed by atoms with Crippen LogP contribution in [0.5, 0.6) is 0 Å². The van der Waals surface area contributed by atoms with Crippen LogP contribution in [0.1, 0.15) is 46.6 Å². The monoisotopic (exact) mass is 492 g/mol. The Hall–Kier alpha value is -3.07. The molecule has 8 nitrogen and oxygen atoms in total. The Morgan fingerprint density at radius 3 is 2.66 bits per heavy atom. The highest BCUT2D eigenvalue weighted by Crippen LogP contribution is 2.31. The minimum absolute atomic E-state index is 0.234. The van der Waals surface area contributed by atoms with E-state index in [-0.39, 0.29) is 5.91 Å². The summed E-state index contributed by atoms with van der Waals surface area (Å²) in [6.07, 6.45) is 10.4. The third kappa shape index (κ3) is 5.15. The maximum Gasteiger partial charge on any atom is 0.259 e. The first kappa shape index (κ1) is 23.7. The Labute approximate surface area is 210 Å². The molecule has 0 bridgehead atoms. The molecular formula is C26H29ClN6O2. The van der Waals surface area contributed by atoms with E-state index in [2.05, 4.69) is 26.4 Å². The van der Waals surface area contributed by atoms with Gasteiger partial charge in [0.15, 0.2) is 5.82 Å². The zero-order chi connectivity index (χ0) is 24.4. The number of ether oxygens (including phenoxy) is 1. The van der Waals surface area contributed by atoms with Crippen LogP contribution in [-0.2, 0) is 4.74 Å². The molecular weight excluding hydrogens is 464 g/mol. The van der Waals surface area contributed by atoms with Crippen molar-refractivity contribution in [3.63, 3.8) is 0 Å². The largest absolute Gasteiger partial charge is 0.379 e. The van der Waals surface area contributed by atoms with Crippen LogP contribution in [0.15, 0.2) is 42.9 Å². The lowest BCUT2D eigenvalue weighted by molar-refractivity contribution is 0.0150. The highest BCUT2D eigenvalue weighted by Gasteiger charge is 2.24. The van der Waals surface area contributed by atoms with Crippen molar-refractivity contribution in [2.45, 2.75) is 39.2 Å². The lowest BCUT2D eigenvalue weighted by atomic mass is 9.90. The maximum atomic E-state index is 13.0. The van der Waals surface area contributed by atoms with Gasteiger partial charge in [0.25, 0.3) is 5.91 Å². The van der Waals surface area contributed by atoms with Gasteiger partial charge in [0, 0.05) is 25.3 Å². The van der Waals surface area contributed by atoms with Crippen LogP contribution in [-0.4, -0.2) is 62.9 Å². The summed E-state index contributed by atoms with van der Waals surface area (Å²) in [7, 11) is 0. The van der Waals surface area contributed by atoms with E-state index in [4.69, 9.17) is 21.3 Å². The Bertz CT molecular complexity index is 1250.